The minimum atomic E-state index is 0.131. The molecule has 0 bridgehead atoms. The van der Waals surface area contributed by atoms with Gasteiger partial charge in [-0.1, -0.05) is 39.0 Å². The van der Waals surface area contributed by atoms with Gasteiger partial charge in [0.05, 0.1) is 5.75 Å². The second-order valence-electron chi connectivity index (χ2n) is 7.07. The third-order valence-corrected chi connectivity index (χ3v) is 6.28. The molecule has 0 aliphatic heterocycles. The number of nitrogens with zero attached hydrogens (tertiary/aromatic N) is 2. The Labute approximate surface area is 138 Å². The van der Waals surface area contributed by atoms with E-state index in [1.807, 2.05) is 17.8 Å². The lowest BCUT2D eigenvalue weighted by atomic mass is 9.69. The van der Waals surface area contributed by atoms with Crippen LogP contribution in [0, 0.1) is 11.3 Å². The number of hydrogen-bond acceptors (Lipinski definition) is 3. The molecular weight excluding hydrogens is 294 g/mol. The molecule has 1 aromatic heterocycles. The largest absolute Gasteiger partial charge is 0.353 e. The highest BCUT2D eigenvalue weighted by Gasteiger charge is 2.32. The summed E-state index contributed by atoms with van der Waals surface area (Å²) in [4.78, 5) is 16.3. The maximum atomic E-state index is 12.1. The number of nitrogens with one attached hydrogen (secondary N) is 1. The summed E-state index contributed by atoms with van der Waals surface area (Å²) in [7, 11) is 1.95. The molecule has 4 nitrogen and oxygen atoms in total. The first-order chi connectivity index (χ1) is 10.4. The van der Waals surface area contributed by atoms with E-state index in [9.17, 15) is 4.79 Å². The van der Waals surface area contributed by atoms with Crippen molar-refractivity contribution < 1.29 is 4.79 Å². The third kappa shape index (κ3) is 4.51. The Hall–Kier alpha value is -0.970. The van der Waals surface area contributed by atoms with Gasteiger partial charge in [0, 0.05) is 25.5 Å². The summed E-state index contributed by atoms with van der Waals surface area (Å²) in [5, 5.41) is 4.09. The van der Waals surface area contributed by atoms with E-state index >= 15 is 0 Å². The molecule has 1 amide bonds. The molecule has 2 rings (SSSR count). The van der Waals surface area contributed by atoms with E-state index in [2.05, 4.69) is 31.1 Å². The lowest BCUT2D eigenvalue weighted by Gasteiger charge is -2.39. The average Bonchev–Trinajstić information content (AvgIpc) is 2.91. The summed E-state index contributed by atoms with van der Waals surface area (Å²) in [6.07, 6.45) is 9.60. The maximum absolute atomic E-state index is 12.1. The third-order valence-electron chi connectivity index (χ3n) is 5.22. The van der Waals surface area contributed by atoms with Crippen LogP contribution in [0.5, 0.6) is 0 Å². The van der Waals surface area contributed by atoms with Crippen LogP contribution in [0.25, 0.3) is 0 Å². The van der Waals surface area contributed by atoms with E-state index in [0.717, 1.165) is 23.9 Å². The highest BCUT2D eigenvalue weighted by atomic mass is 32.2. The number of carbonyl (C=O) groups is 1. The average molecular weight is 324 g/mol. The highest BCUT2D eigenvalue weighted by Crippen LogP contribution is 2.40. The lowest BCUT2D eigenvalue weighted by Crippen LogP contribution is -2.40. The zero-order valence-electron chi connectivity index (χ0n) is 14.3. The summed E-state index contributed by atoms with van der Waals surface area (Å²) in [6, 6.07) is 0.360. The summed E-state index contributed by atoms with van der Waals surface area (Å²) < 4.78 is 1.94. The normalized spacial score (nSPS) is 22.5. The fourth-order valence-electron chi connectivity index (χ4n) is 3.20. The Morgan fingerprint density at radius 3 is 2.64 bits per heavy atom. The molecule has 1 saturated carbocycles. The molecule has 0 spiro atoms. The molecule has 1 aromatic rings. The number of thioether (sulfide) groups is 1. The van der Waals surface area contributed by atoms with Crippen LogP contribution in [0.1, 0.15) is 52.9 Å². The second-order valence-corrected chi connectivity index (χ2v) is 8.01. The molecule has 1 aliphatic carbocycles. The van der Waals surface area contributed by atoms with Gasteiger partial charge in [0.15, 0.2) is 5.16 Å². The van der Waals surface area contributed by atoms with Gasteiger partial charge in [0.25, 0.3) is 0 Å². The molecule has 0 aromatic carbocycles. The standard InChI is InChI=1S/C17H29N3OS/c1-5-17(2,3)13-6-8-14(9-7-13)19-15(21)12-22-16-18-10-11-20(16)4/h10-11,13-14H,5-9,12H2,1-4H3,(H,19,21). The van der Waals surface area contributed by atoms with Gasteiger partial charge in [-0.05, 0) is 37.0 Å². The predicted octanol–water partition coefficient (Wildman–Crippen LogP) is 3.62. The number of hydrogen-bond donors (Lipinski definition) is 1. The molecule has 0 saturated heterocycles. The van der Waals surface area contributed by atoms with Crippen LogP contribution in [0.3, 0.4) is 0 Å². The Morgan fingerprint density at radius 1 is 1.41 bits per heavy atom. The van der Waals surface area contributed by atoms with Crippen LogP contribution in [0.15, 0.2) is 17.6 Å². The Morgan fingerprint density at radius 2 is 2.09 bits per heavy atom. The van der Waals surface area contributed by atoms with Gasteiger partial charge in [-0.2, -0.15) is 0 Å². The minimum absolute atomic E-state index is 0.131. The molecule has 1 fully saturated rings. The summed E-state index contributed by atoms with van der Waals surface area (Å²) in [6.45, 7) is 7.03. The van der Waals surface area contributed by atoms with Gasteiger partial charge in [-0.3, -0.25) is 4.79 Å². The molecule has 22 heavy (non-hydrogen) atoms. The smallest absolute Gasteiger partial charge is 0.230 e. The second kappa shape index (κ2) is 7.53. The zero-order chi connectivity index (χ0) is 16.2. The van der Waals surface area contributed by atoms with Crippen molar-refractivity contribution in [1.29, 1.82) is 0 Å². The number of carbonyl (C=O) groups excluding carboxylic acids is 1. The fourth-order valence-corrected chi connectivity index (χ4v) is 3.94. The Bertz CT molecular complexity index is 490. The zero-order valence-corrected chi connectivity index (χ0v) is 15.1. The van der Waals surface area contributed by atoms with Crippen molar-refractivity contribution in [3.8, 4) is 0 Å². The summed E-state index contributed by atoms with van der Waals surface area (Å²) in [5.74, 6) is 1.38. The van der Waals surface area contributed by atoms with Gasteiger partial charge in [-0.25, -0.2) is 4.98 Å². The van der Waals surface area contributed by atoms with Crippen LogP contribution in [-0.4, -0.2) is 27.3 Å². The molecule has 5 heteroatoms. The van der Waals surface area contributed by atoms with Crippen molar-refractivity contribution in [3.63, 3.8) is 0 Å². The van der Waals surface area contributed by atoms with Gasteiger partial charge in [0.2, 0.25) is 5.91 Å². The van der Waals surface area contributed by atoms with Crippen molar-refractivity contribution in [2.75, 3.05) is 5.75 Å². The first-order valence-corrected chi connectivity index (χ1v) is 9.30. The predicted molar refractivity (Wildman–Crippen MR) is 91.9 cm³/mol. The van der Waals surface area contributed by atoms with E-state index in [0.29, 0.717) is 17.2 Å². The number of rotatable bonds is 6. The van der Waals surface area contributed by atoms with Gasteiger partial charge in [0.1, 0.15) is 0 Å². The van der Waals surface area contributed by atoms with Gasteiger partial charge in [-0.15, -0.1) is 0 Å². The van der Waals surface area contributed by atoms with Gasteiger partial charge < -0.3 is 9.88 Å². The van der Waals surface area contributed by atoms with Crippen molar-refractivity contribution in [1.82, 2.24) is 14.9 Å². The first-order valence-electron chi connectivity index (χ1n) is 8.32. The van der Waals surface area contributed by atoms with E-state index in [4.69, 9.17) is 0 Å². The first kappa shape index (κ1) is 17.4. The molecule has 1 N–H and O–H groups in total. The van der Waals surface area contributed by atoms with Crippen LogP contribution in [0.2, 0.25) is 0 Å². The Balaban J connectivity index is 1.72. The summed E-state index contributed by atoms with van der Waals surface area (Å²) in [5.41, 5.74) is 0.434. The maximum Gasteiger partial charge on any atom is 0.230 e. The number of amides is 1. The molecule has 124 valence electrons. The van der Waals surface area contributed by atoms with E-state index in [1.165, 1.54) is 31.0 Å². The summed E-state index contributed by atoms with van der Waals surface area (Å²) >= 11 is 1.50. The quantitative estimate of drug-likeness (QED) is 0.813. The minimum Gasteiger partial charge on any atom is -0.353 e. The van der Waals surface area contributed by atoms with E-state index in [-0.39, 0.29) is 5.91 Å². The van der Waals surface area contributed by atoms with Crippen LogP contribution >= 0.6 is 11.8 Å². The van der Waals surface area contributed by atoms with E-state index < -0.39 is 0 Å². The Kier molecular flexibility index (Phi) is 5.95. The molecule has 1 heterocycles. The van der Waals surface area contributed by atoms with Crippen molar-refractivity contribution in [3.05, 3.63) is 12.4 Å². The highest BCUT2D eigenvalue weighted by molar-refractivity contribution is 7.99. The van der Waals surface area contributed by atoms with Crippen molar-refractivity contribution in [2.45, 2.75) is 64.1 Å². The van der Waals surface area contributed by atoms with Crippen LogP contribution in [0.4, 0.5) is 0 Å². The van der Waals surface area contributed by atoms with Crippen molar-refractivity contribution >= 4 is 17.7 Å². The molecule has 0 atom stereocenters. The topological polar surface area (TPSA) is 46.9 Å². The lowest BCUT2D eigenvalue weighted by molar-refractivity contribution is -0.119. The molecule has 0 unspecified atom stereocenters. The molecule has 1 aliphatic rings. The monoisotopic (exact) mass is 323 g/mol. The van der Waals surface area contributed by atoms with Gasteiger partial charge >= 0.3 is 0 Å². The fraction of sp³-hybridized carbons (Fsp3) is 0.765. The van der Waals surface area contributed by atoms with Crippen molar-refractivity contribution in [2.24, 2.45) is 18.4 Å². The van der Waals surface area contributed by atoms with Crippen LogP contribution in [-0.2, 0) is 11.8 Å². The number of imidazole rings is 1. The number of aryl methyl sites for hydroxylation is 1. The SMILES string of the molecule is CCC(C)(C)C1CCC(NC(=O)CSc2nccn2C)CC1. The van der Waals surface area contributed by atoms with E-state index in [1.54, 1.807) is 6.20 Å². The molecule has 0 radical (unpaired) electrons. The van der Waals surface area contributed by atoms with Crippen LogP contribution < -0.4 is 5.32 Å². The molecular formula is C17H29N3OS. The number of aromatic nitrogens is 2.